The number of nitrogens with zero attached hydrogens (tertiary/aromatic N) is 1. The molecule has 3 nitrogen and oxygen atoms in total. The first-order valence-electron chi connectivity index (χ1n) is 6.59. The Bertz CT molecular complexity index is 539. The van der Waals surface area contributed by atoms with Crippen LogP contribution in [0.5, 0.6) is 0 Å². The molecule has 3 heteroatoms. The topological polar surface area (TPSA) is 29.5 Å². The maximum Gasteiger partial charge on any atom is 0.256 e. The molecule has 0 fully saturated rings. The summed E-state index contributed by atoms with van der Waals surface area (Å²) in [4.78, 5) is 14.2. The molecule has 0 N–H and O–H groups in total. The third-order valence-electron chi connectivity index (χ3n) is 3.20. The molecule has 1 atom stereocenters. The van der Waals surface area contributed by atoms with E-state index in [1.165, 1.54) is 0 Å². The minimum atomic E-state index is -0.551. The van der Waals surface area contributed by atoms with E-state index < -0.39 is 6.10 Å². The van der Waals surface area contributed by atoms with Gasteiger partial charge in [0.2, 0.25) is 0 Å². The lowest BCUT2D eigenvalue weighted by Gasteiger charge is -2.23. The Kier molecular flexibility index (Phi) is 4.91. The van der Waals surface area contributed by atoms with Gasteiger partial charge in [-0.15, -0.1) is 0 Å². The van der Waals surface area contributed by atoms with Gasteiger partial charge >= 0.3 is 0 Å². The van der Waals surface area contributed by atoms with Gasteiger partial charge in [-0.05, 0) is 11.1 Å². The van der Waals surface area contributed by atoms with Crippen LogP contribution in [0.25, 0.3) is 0 Å². The molecule has 2 aromatic carbocycles. The van der Waals surface area contributed by atoms with Gasteiger partial charge in [0.25, 0.3) is 5.91 Å². The van der Waals surface area contributed by atoms with E-state index in [4.69, 9.17) is 4.74 Å². The quantitative estimate of drug-likeness (QED) is 0.835. The van der Waals surface area contributed by atoms with Gasteiger partial charge < -0.3 is 9.64 Å². The third-order valence-corrected chi connectivity index (χ3v) is 3.20. The zero-order chi connectivity index (χ0) is 14.4. The lowest BCUT2D eigenvalue weighted by molar-refractivity contribution is -0.141. The fourth-order valence-corrected chi connectivity index (χ4v) is 2.14. The van der Waals surface area contributed by atoms with Gasteiger partial charge in [-0.3, -0.25) is 4.79 Å². The highest BCUT2D eigenvalue weighted by atomic mass is 16.5. The van der Waals surface area contributed by atoms with Crippen molar-refractivity contribution in [2.45, 2.75) is 12.6 Å². The van der Waals surface area contributed by atoms with Gasteiger partial charge in [0.15, 0.2) is 6.10 Å². The van der Waals surface area contributed by atoms with Crippen molar-refractivity contribution in [1.29, 1.82) is 0 Å². The van der Waals surface area contributed by atoms with Crippen molar-refractivity contribution < 1.29 is 9.53 Å². The molecule has 0 radical (unpaired) electrons. The molecule has 0 spiro atoms. The minimum Gasteiger partial charge on any atom is -0.367 e. The summed E-state index contributed by atoms with van der Waals surface area (Å²) in [5, 5.41) is 0. The van der Waals surface area contributed by atoms with Gasteiger partial charge in [0.05, 0.1) is 0 Å². The summed E-state index contributed by atoms with van der Waals surface area (Å²) in [7, 11) is 3.36. The first kappa shape index (κ1) is 14.3. The van der Waals surface area contributed by atoms with E-state index in [0.717, 1.165) is 11.1 Å². The van der Waals surface area contributed by atoms with E-state index in [0.29, 0.717) is 6.54 Å². The number of hydrogen-bond acceptors (Lipinski definition) is 2. The smallest absolute Gasteiger partial charge is 0.256 e. The number of carbonyl (C=O) groups excluding carboxylic acids is 1. The van der Waals surface area contributed by atoms with E-state index in [1.54, 1.807) is 19.1 Å². The lowest BCUT2D eigenvalue weighted by atomic mass is 10.1. The molecular formula is C17H19NO2. The zero-order valence-electron chi connectivity index (χ0n) is 11.8. The second-order valence-corrected chi connectivity index (χ2v) is 4.71. The van der Waals surface area contributed by atoms with Gasteiger partial charge in [-0.2, -0.15) is 0 Å². The highest BCUT2D eigenvalue weighted by Gasteiger charge is 2.23. The molecule has 0 aliphatic carbocycles. The SMILES string of the molecule is COC(C(=O)N(C)Cc1ccccc1)c1ccccc1. The molecule has 1 amide bonds. The second-order valence-electron chi connectivity index (χ2n) is 4.71. The zero-order valence-corrected chi connectivity index (χ0v) is 11.8. The van der Waals surface area contributed by atoms with Crippen LogP contribution in [-0.4, -0.2) is 25.0 Å². The molecule has 0 aliphatic heterocycles. The molecule has 0 heterocycles. The van der Waals surface area contributed by atoms with Gasteiger partial charge in [0.1, 0.15) is 0 Å². The molecule has 2 rings (SSSR count). The van der Waals surface area contributed by atoms with E-state index in [1.807, 2.05) is 60.7 Å². The van der Waals surface area contributed by atoms with E-state index in [-0.39, 0.29) is 5.91 Å². The Morgan fingerprint density at radius 1 is 1.05 bits per heavy atom. The van der Waals surface area contributed by atoms with Gasteiger partial charge in [-0.1, -0.05) is 60.7 Å². The maximum absolute atomic E-state index is 12.5. The van der Waals surface area contributed by atoms with Crippen molar-refractivity contribution in [2.75, 3.05) is 14.2 Å². The maximum atomic E-state index is 12.5. The predicted molar refractivity (Wildman–Crippen MR) is 79.1 cm³/mol. The lowest BCUT2D eigenvalue weighted by Crippen LogP contribution is -2.32. The van der Waals surface area contributed by atoms with Crippen LogP contribution in [0.2, 0.25) is 0 Å². The number of ether oxygens (including phenoxy) is 1. The first-order chi connectivity index (χ1) is 9.72. The van der Waals surface area contributed by atoms with Crippen LogP contribution in [0, 0.1) is 0 Å². The summed E-state index contributed by atoms with van der Waals surface area (Å²) in [6, 6.07) is 19.5. The average Bonchev–Trinajstić information content (AvgIpc) is 2.50. The monoisotopic (exact) mass is 269 g/mol. The summed E-state index contributed by atoms with van der Waals surface area (Å²) in [5.74, 6) is -0.0393. The molecule has 0 aliphatic rings. The largest absolute Gasteiger partial charge is 0.367 e. The van der Waals surface area contributed by atoms with Crippen LogP contribution in [0.4, 0.5) is 0 Å². The summed E-state index contributed by atoms with van der Waals surface area (Å²) >= 11 is 0. The van der Waals surface area contributed by atoms with Crippen molar-refractivity contribution >= 4 is 5.91 Å². The number of rotatable bonds is 5. The Morgan fingerprint density at radius 2 is 1.60 bits per heavy atom. The van der Waals surface area contributed by atoms with Crippen LogP contribution in [0.3, 0.4) is 0 Å². The van der Waals surface area contributed by atoms with Crippen molar-refractivity contribution in [1.82, 2.24) is 4.90 Å². The van der Waals surface area contributed by atoms with Crippen molar-refractivity contribution in [2.24, 2.45) is 0 Å². The van der Waals surface area contributed by atoms with E-state index >= 15 is 0 Å². The number of benzene rings is 2. The van der Waals surface area contributed by atoms with Crippen LogP contribution >= 0.6 is 0 Å². The first-order valence-corrected chi connectivity index (χ1v) is 6.59. The molecule has 1 unspecified atom stereocenters. The molecule has 20 heavy (non-hydrogen) atoms. The molecule has 2 aromatic rings. The number of amides is 1. The number of likely N-dealkylation sites (N-methyl/N-ethyl adjacent to an activating group) is 1. The fourth-order valence-electron chi connectivity index (χ4n) is 2.14. The summed E-state index contributed by atoms with van der Waals surface area (Å²) in [6.45, 7) is 0.576. The van der Waals surface area contributed by atoms with Gasteiger partial charge in [0, 0.05) is 20.7 Å². The molecule has 0 saturated carbocycles. The normalized spacial score (nSPS) is 11.9. The van der Waals surface area contributed by atoms with Crippen molar-refractivity contribution in [3.05, 3.63) is 71.8 Å². The molecule has 104 valence electrons. The van der Waals surface area contributed by atoms with Crippen LogP contribution in [0.1, 0.15) is 17.2 Å². The van der Waals surface area contributed by atoms with Crippen molar-refractivity contribution in [3.8, 4) is 0 Å². The Labute approximate surface area is 119 Å². The summed E-state index contributed by atoms with van der Waals surface area (Å²) in [5.41, 5.74) is 1.98. The Morgan fingerprint density at radius 3 is 2.15 bits per heavy atom. The van der Waals surface area contributed by atoms with E-state index in [9.17, 15) is 4.79 Å². The van der Waals surface area contributed by atoms with Gasteiger partial charge in [-0.25, -0.2) is 0 Å². The molecular weight excluding hydrogens is 250 g/mol. The number of methoxy groups -OCH3 is 1. The standard InChI is InChI=1S/C17H19NO2/c1-18(13-14-9-5-3-6-10-14)17(19)16(20-2)15-11-7-4-8-12-15/h3-12,16H,13H2,1-2H3. The van der Waals surface area contributed by atoms with Crippen molar-refractivity contribution in [3.63, 3.8) is 0 Å². The second kappa shape index (κ2) is 6.87. The number of carbonyl (C=O) groups is 1. The molecule has 0 saturated heterocycles. The van der Waals surface area contributed by atoms with Crippen LogP contribution in [0.15, 0.2) is 60.7 Å². The minimum absolute atomic E-state index is 0.0393. The summed E-state index contributed by atoms with van der Waals surface area (Å²) in [6.07, 6.45) is -0.551. The number of hydrogen-bond donors (Lipinski definition) is 0. The molecule has 0 bridgehead atoms. The Balaban J connectivity index is 2.09. The van der Waals surface area contributed by atoms with E-state index in [2.05, 4.69) is 0 Å². The summed E-state index contributed by atoms with van der Waals surface area (Å²) < 4.78 is 5.37. The highest BCUT2D eigenvalue weighted by molar-refractivity contribution is 5.82. The average molecular weight is 269 g/mol. The predicted octanol–water partition coefficient (Wildman–Crippen LogP) is 3.03. The fraction of sp³-hybridized carbons (Fsp3) is 0.235. The third kappa shape index (κ3) is 3.45. The Hall–Kier alpha value is -2.13. The van der Waals surface area contributed by atoms with Crippen LogP contribution in [-0.2, 0) is 16.1 Å². The van der Waals surface area contributed by atoms with Crippen LogP contribution < -0.4 is 0 Å². The molecule has 0 aromatic heterocycles. The highest BCUT2D eigenvalue weighted by Crippen LogP contribution is 2.19.